The normalized spacial score (nSPS) is 16.3. The van der Waals surface area contributed by atoms with E-state index in [0.29, 0.717) is 10.5 Å². The van der Waals surface area contributed by atoms with Crippen molar-refractivity contribution in [3.8, 4) is 0 Å². The van der Waals surface area contributed by atoms with Crippen LogP contribution >= 0.6 is 11.6 Å². The van der Waals surface area contributed by atoms with E-state index in [1.807, 2.05) is 6.07 Å². The fourth-order valence-electron chi connectivity index (χ4n) is 3.29. The van der Waals surface area contributed by atoms with E-state index in [9.17, 15) is 13.6 Å². The predicted molar refractivity (Wildman–Crippen MR) is 100 cm³/mol. The lowest BCUT2D eigenvalue weighted by Gasteiger charge is -2.19. The highest BCUT2D eigenvalue weighted by molar-refractivity contribution is 6.30. The molecule has 1 amide bonds. The van der Waals surface area contributed by atoms with Crippen molar-refractivity contribution in [2.75, 3.05) is 0 Å². The van der Waals surface area contributed by atoms with Crippen LogP contribution in [-0.4, -0.2) is 31.2 Å². The molecule has 0 N–H and O–H groups in total. The fraction of sp³-hybridized carbons (Fsp3) is 0.263. The first-order valence-corrected chi connectivity index (χ1v) is 8.93. The number of aromatic nitrogens is 3. The van der Waals surface area contributed by atoms with Crippen LogP contribution in [0.3, 0.4) is 0 Å². The first-order chi connectivity index (χ1) is 13.3. The van der Waals surface area contributed by atoms with Gasteiger partial charge in [0.15, 0.2) is 0 Å². The Kier molecular flexibility index (Phi) is 4.38. The molecule has 144 valence electrons. The number of carbonyl (C=O) groups is 1. The molecule has 0 radical (unpaired) electrons. The molecule has 1 aliphatic heterocycles. The minimum atomic E-state index is -2.82. The van der Waals surface area contributed by atoms with Crippen LogP contribution in [0.4, 0.5) is 8.78 Å². The number of carbonyl (C=O) groups excluding carboxylic acids is 1. The van der Waals surface area contributed by atoms with Gasteiger partial charge in [0, 0.05) is 18.6 Å². The number of hydrogen-bond donors (Lipinski definition) is 0. The Morgan fingerprint density at radius 3 is 2.71 bits per heavy atom. The molecular weight excluding hydrogens is 388 g/mol. The van der Waals surface area contributed by atoms with Gasteiger partial charge in [-0.05, 0) is 37.6 Å². The number of hydrazone groups is 1. The summed E-state index contributed by atoms with van der Waals surface area (Å²) in [6.45, 7) is 3.55. The Morgan fingerprint density at radius 2 is 2.04 bits per heavy atom. The summed E-state index contributed by atoms with van der Waals surface area (Å²) in [5.41, 5.74) is 0.118. The van der Waals surface area contributed by atoms with Crippen LogP contribution in [0.15, 0.2) is 48.0 Å². The Hall–Kier alpha value is -2.87. The number of rotatable bonds is 4. The molecule has 0 spiro atoms. The third kappa shape index (κ3) is 2.93. The molecule has 0 bridgehead atoms. The van der Waals surface area contributed by atoms with Crippen LogP contribution in [0.2, 0.25) is 5.02 Å². The molecule has 0 saturated carbocycles. The SMILES string of the molecule is CC1(C)C(=O)N(Cc2cccnc2)N=C1c1c(C(F)F)nn2cc(Cl)ccc12. The molecule has 4 rings (SSSR count). The zero-order chi connectivity index (χ0) is 20.1. The van der Waals surface area contributed by atoms with Crippen LogP contribution in [0.25, 0.3) is 5.52 Å². The maximum Gasteiger partial charge on any atom is 0.282 e. The van der Waals surface area contributed by atoms with Gasteiger partial charge in [-0.1, -0.05) is 17.7 Å². The van der Waals surface area contributed by atoms with Gasteiger partial charge in [-0.15, -0.1) is 0 Å². The molecule has 0 unspecified atom stereocenters. The third-order valence-electron chi connectivity index (χ3n) is 4.70. The van der Waals surface area contributed by atoms with Crippen LogP contribution in [0.1, 0.15) is 37.1 Å². The second kappa shape index (κ2) is 6.63. The first kappa shape index (κ1) is 18.5. The van der Waals surface area contributed by atoms with E-state index in [-0.39, 0.29) is 23.7 Å². The smallest absolute Gasteiger partial charge is 0.272 e. The molecule has 0 fully saturated rings. The first-order valence-electron chi connectivity index (χ1n) is 8.55. The van der Waals surface area contributed by atoms with Crippen molar-refractivity contribution in [1.82, 2.24) is 19.6 Å². The number of halogens is 3. The maximum absolute atomic E-state index is 13.7. The van der Waals surface area contributed by atoms with Crippen molar-refractivity contribution >= 4 is 28.7 Å². The van der Waals surface area contributed by atoms with Crippen molar-refractivity contribution in [3.63, 3.8) is 0 Å². The monoisotopic (exact) mass is 403 g/mol. The van der Waals surface area contributed by atoms with Crippen molar-refractivity contribution in [2.24, 2.45) is 10.5 Å². The molecule has 3 aromatic rings. The van der Waals surface area contributed by atoms with Gasteiger partial charge >= 0.3 is 0 Å². The lowest BCUT2D eigenvalue weighted by atomic mass is 9.83. The number of nitrogens with zero attached hydrogens (tertiary/aromatic N) is 5. The number of amides is 1. The van der Waals surface area contributed by atoms with Gasteiger partial charge in [0.05, 0.1) is 33.8 Å². The third-order valence-corrected chi connectivity index (χ3v) is 4.92. The molecule has 28 heavy (non-hydrogen) atoms. The number of fused-ring (bicyclic) bond motifs is 1. The lowest BCUT2D eigenvalue weighted by Crippen LogP contribution is -2.35. The highest BCUT2D eigenvalue weighted by atomic mass is 35.5. The van der Waals surface area contributed by atoms with Crippen LogP contribution in [0.5, 0.6) is 0 Å². The molecule has 3 aromatic heterocycles. The minimum Gasteiger partial charge on any atom is -0.272 e. The van der Waals surface area contributed by atoms with Crippen molar-refractivity contribution in [2.45, 2.75) is 26.8 Å². The molecule has 1 aliphatic rings. The molecule has 4 heterocycles. The summed E-state index contributed by atoms with van der Waals surface area (Å²) >= 11 is 5.97. The minimum absolute atomic E-state index is 0.165. The fourth-order valence-corrected chi connectivity index (χ4v) is 3.44. The van der Waals surface area contributed by atoms with Crippen LogP contribution in [0, 0.1) is 5.41 Å². The molecular formula is C19H16ClF2N5O. The number of pyridine rings is 2. The zero-order valence-electron chi connectivity index (χ0n) is 15.1. The average Bonchev–Trinajstić information content (AvgIpc) is 3.12. The Labute approximate surface area is 164 Å². The second-order valence-electron chi connectivity index (χ2n) is 7.04. The average molecular weight is 404 g/mol. The summed E-state index contributed by atoms with van der Waals surface area (Å²) in [5, 5.41) is 10.1. The topological polar surface area (TPSA) is 62.9 Å². The van der Waals surface area contributed by atoms with Gasteiger partial charge in [-0.25, -0.2) is 18.3 Å². The summed E-state index contributed by atoms with van der Waals surface area (Å²) in [6.07, 6.45) is 1.89. The van der Waals surface area contributed by atoms with E-state index in [4.69, 9.17) is 11.6 Å². The standard InChI is InChI=1S/C19H16ClF2N5O/c1-19(2)16(25-27(18(19)28)9-11-4-3-7-23-8-11)14-13-6-5-12(20)10-26(13)24-15(14)17(21)22/h3-8,10,17H,9H2,1-2H3. The second-order valence-corrected chi connectivity index (χ2v) is 7.47. The summed E-state index contributed by atoms with van der Waals surface area (Å²) in [6, 6.07) is 6.77. The molecule has 0 atom stereocenters. The molecule has 9 heteroatoms. The number of alkyl halides is 2. The van der Waals surface area contributed by atoms with Gasteiger partial charge in [-0.3, -0.25) is 9.78 Å². The van der Waals surface area contributed by atoms with Crippen LogP contribution in [-0.2, 0) is 11.3 Å². The largest absolute Gasteiger partial charge is 0.282 e. The summed E-state index contributed by atoms with van der Waals surface area (Å²) in [7, 11) is 0. The van der Waals surface area contributed by atoms with Crippen molar-refractivity contribution in [3.05, 3.63) is 64.7 Å². The highest BCUT2D eigenvalue weighted by Gasteiger charge is 2.46. The van der Waals surface area contributed by atoms with E-state index in [1.54, 1.807) is 44.4 Å². The summed E-state index contributed by atoms with van der Waals surface area (Å²) < 4.78 is 28.8. The van der Waals surface area contributed by atoms with Crippen LogP contribution < -0.4 is 0 Å². The van der Waals surface area contributed by atoms with E-state index < -0.39 is 17.5 Å². The predicted octanol–water partition coefficient (Wildman–Crippen LogP) is 4.09. The van der Waals surface area contributed by atoms with Crippen molar-refractivity contribution in [1.29, 1.82) is 0 Å². The maximum atomic E-state index is 13.7. The molecule has 6 nitrogen and oxygen atoms in total. The van der Waals surface area contributed by atoms with Gasteiger partial charge in [0.25, 0.3) is 12.3 Å². The highest BCUT2D eigenvalue weighted by Crippen LogP contribution is 2.38. The van der Waals surface area contributed by atoms with E-state index in [0.717, 1.165) is 5.56 Å². The molecule has 0 aliphatic carbocycles. The molecule has 0 aromatic carbocycles. The summed E-state index contributed by atoms with van der Waals surface area (Å²) in [4.78, 5) is 17.0. The van der Waals surface area contributed by atoms with Gasteiger partial charge in [0.2, 0.25) is 0 Å². The van der Waals surface area contributed by atoms with E-state index in [2.05, 4.69) is 15.2 Å². The Morgan fingerprint density at radius 1 is 1.25 bits per heavy atom. The van der Waals surface area contributed by atoms with Gasteiger partial charge in [0.1, 0.15) is 5.69 Å². The van der Waals surface area contributed by atoms with Gasteiger partial charge < -0.3 is 0 Å². The van der Waals surface area contributed by atoms with E-state index >= 15 is 0 Å². The Bertz CT molecular complexity index is 1090. The van der Waals surface area contributed by atoms with Crippen molar-refractivity contribution < 1.29 is 13.6 Å². The van der Waals surface area contributed by atoms with Gasteiger partial charge in [-0.2, -0.15) is 10.2 Å². The summed E-state index contributed by atoms with van der Waals surface area (Å²) in [5.74, 6) is -0.278. The lowest BCUT2D eigenvalue weighted by molar-refractivity contribution is -0.135. The Balaban J connectivity index is 1.86. The number of hydrogen-bond acceptors (Lipinski definition) is 4. The molecule has 0 saturated heterocycles. The van der Waals surface area contributed by atoms with E-state index in [1.165, 1.54) is 15.7 Å². The quantitative estimate of drug-likeness (QED) is 0.659. The zero-order valence-corrected chi connectivity index (χ0v) is 15.9.